The summed E-state index contributed by atoms with van der Waals surface area (Å²) in [5.41, 5.74) is 2.52. The van der Waals surface area contributed by atoms with Gasteiger partial charge < -0.3 is 23.0 Å². The minimum absolute atomic E-state index is 0. The van der Waals surface area contributed by atoms with E-state index in [1.165, 1.54) is 11.1 Å². The van der Waals surface area contributed by atoms with E-state index in [1.807, 2.05) is 39.8 Å². The van der Waals surface area contributed by atoms with Gasteiger partial charge in [0.25, 0.3) is 0 Å². The Labute approximate surface area is 225 Å². The molecule has 0 fully saturated rings. The third-order valence-corrected chi connectivity index (χ3v) is 3.32. The molecule has 0 radical (unpaired) electrons. The van der Waals surface area contributed by atoms with E-state index in [9.17, 15) is 0 Å². The van der Waals surface area contributed by atoms with Crippen LogP contribution in [-0.4, -0.2) is 62.5 Å². The molecule has 2 aromatic rings. The minimum Gasteiger partial charge on any atom is -0.646 e. The second-order valence-corrected chi connectivity index (χ2v) is 5.00. The van der Waals surface area contributed by atoms with E-state index in [1.54, 1.807) is 0 Å². The van der Waals surface area contributed by atoms with Gasteiger partial charge in [-0.25, -0.2) is 0 Å². The van der Waals surface area contributed by atoms with E-state index < -0.39 is 0 Å². The number of nitrogens with zero attached hydrogens (tertiary/aromatic N) is 3. The molecule has 0 atom stereocenters. The first-order valence-corrected chi connectivity index (χ1v) is 9.45. The van der Waals surface area contributed by atoms with Crippen LogP contribution in [0.4, 0.5) is 0 Å². The molecule has 0 aliphatic heterocycles. The van der Waals surface area contributed by atoms with Crippen molar-refractivity contribution in [3.8, 4) is 0 Å². The van der Waals surface area contributed by atoms with E-state index in [2.05, 4.69) is 71.0 Å². The molecule has 0 bridgehead atoms. The Bertz CT molecular complexity index is 452. The summed E-state index contributed by atoms with van der Waals surface area (Å²) in [6.07, 6.45) is 0. The van der Waals surface area contributed by atoms with Gasteiger partial charge in [0.2, 0.25) is 0 Å². The van der Waals surface area contributed by atoms with Gasteiger partial charge in [-0.15, -0.1) is 13.1 Å². The summed E-state index contributed by atoms with van der Waals surface area (Å²) in [7, 11) is 0. The molecule has 0 saturated carbocycles. The Kier molecular flexibility index (Phi) is 35.3. The van der Waals surface area contributed by atoms with Gasteiger partial charge in [-0.05, 0) is 6.54 Å². The maximum Gasteiger partial charge on any atom is 2.00 e. The van der Waals surface area contributed by atoms with Crippen LogP contribution < -0.4 is 0 Å². The molecule has 0 aromatic heterocycles. The smallest absolute Gasteiger partial charge is 0.646 e. The van der Waals surface area contributed by atoms with Gasteiger partial charge in [-0.3, -0.25) is 0 Å². The summed E-state index contributed by atoms with van der Waals surface area (Å²) in [6, 6.07) is 20.7. The largest absolute Gasteiger partial charge is 2.00 e. The SMILES string of the molecule is CC.CC.CCN(C[N-]Cc1ccccc1)C[N-]Cc1ccccc1.[CH3-].[Ca+2].[Cd]. The summed E-state index contributed by atoms with van der Waals surface area (Å²) in [5.74, 6) is 0. The van der Waals surface area contributed by atoms with E-state index in [-0.39, 0.29) is 72.5 Å². The zero-order valence-electron chi connectivity index (χ0n) is 19.1. The van der Waals surface area contributed by atoms with Crippen LogP contribution in [0.3, 0.4) is 0 Å². The Balaban J connectivity index is -0.000000386. The van der Waals surface area contributed by atoms with Crippen molar-refractivity contribution in [3.05, 3.63) is 89.9 Å². The zero-order valence-corrected chi connectivity index (χ0v) is 25.3. The van der Waals surface area contributed by atoms with E-state index in [4.69, 9.17) is 0 Å². The van der Waals surface area contributed by atoms with Crippen LogP contribution in [0, 0.1) is 7.43 Å². The first-order valence-electron chi connectivity index (χ1n) is 9.45. The maximum atomic E-state index is 4.60. The summed E-state index contributed by atoms with van der Waals surface area (Å²) >= 11 is 0. The van der Waals surface area contributed by atoms with Gasteiger partial charge >= 0.3 is 37.7 Å². The third kappa shape index (κ3) is 18.5. The fourth-order valence-corrected chi connectivity index (χ4v) is 2.05. The first-order chi connectivity index (χ1) is 12.4. The normalized spacial score (nSPS) is 8.64. The van der Waals surface area contributed by atoms with E-state index in [0.29, 0.717) is 0 Å². The van der Waals surface area contributed by atoms with Crippen molar-refractivity contribution >= 4 is 37.7 Å². The third-order valence-electron chi connectivity index (χ3n) is 3.32. The van der Waals surface area contributed by atoms with Crippen LogP contribution in [0.5, 0.6) is 0 Å². The van der Waals surface area contributed by atoms with Crippen LogP contribution in [0.2, 0.25) is 0 Å². The number of rotatable bonds is 9. The topological polar surface area (TPSA) is 31.4 Å². The predicted molar refractivity (Wildman–Crippen MR) is 124 cm³/mol. The van der Waals surface area contributed by atoms with Gasteiger partial charge in [-0.1, -0.05) is 120 Å². The first kappa shape index (κ1) is 35.9. The Morgan fingerprint density at radius 3 is 1.29 bits per heavy atom. The van der Waals surface area contributed by atoms with Crippen molar-refractivity contribution in [2.24, 2.45) is 0 Å². The van der Waals surface area contributed by atoms with Crippen molar-refractivity contribution in [2.45, 2.75) is 47.7 Å². The number of hydrogen-bond acceptors (Lipinski definition) is 1. The molecule has 0 unspecified atom stereocenters. The predicted octanol–water partition coefficient (Wildman–Crippen LogP) is 6.49. The Hall–Kier alpha value is 0.502. The average Bonchev–Trinajstić information content (AvgIpc) is 2.71. The molecule has 5 heteroatoms. The number of benzene rings is 2. The quantitative estimate of drug-likeness (QED) is 0.281. The standard InChI is InChI=1S/C18H23N3.2C2H6.CH3.Ca.Cd/c1-2-21(15-19-13-17-9-5-3-6-10-17)16-20-14-18-11-7-4-8-12-18;2*1-2;;;/h3-12H,2,13-16H2,1H3;2*1-2H3;1H3;;/q-2;;;-1;+2;. The molecule has 0 N–H and O–H groups in total. The molecular formula is C23H38CaCdN3-. The molecule has 0 spiro atoms. The van der Waals surface area contributed by atoms with Crippen LogP contribution >= 0.6 is 0 Å². The Morgan fingerprint density at radius 1 is 0.679 bits per heavy atom. The minimum atomic E-state index is 0. The number of hydrogen-bond donors (Lipinski definition) is 0. The van der Waals surface area contributed by atoms with Crippen molar-refractivity contribution in [1.29, 1.82) is 0 Å². The average molecular weight is 509 g/mol. The molecule has 2 aromatic carbocycles. The van der Waals surface area contributed by atoms with Crippen molar-refractivity contribution in [3.63, 3.8) is 0 Å². The van der Waals surface area contributed by atoms with Crippen molar-refractivity contribution < 1.29 is 27.3 Å². The van der Waals surface area contributed by atoms with E-state index in [0.717, 1.165) is 33.0 Å². The molecule has 2 rings (SSSR count). The molecule has 0 aliphatic carbocycles. The Morgan fingerprint density at radius 2 is 1.00 bits per heavy atom. The molecule has 150 valence electrons. The van der Waals surface area contributed by atoms with Crippen LogP contribution in [0.1, 0.15) is 45.7 Å². The fraction of sp³-hybridized carbons (Fsp3) is 0.435. The summed E-state index contributed by atoms with van der Waals surface area (Å²) in [4.78, 5) is 2.24. The van der Waals surface area contributed by atoms with Crippen molar-refractivity contribution in [2.75, 3.05) is 19.9 Å². The van der Waals surface area contributed by atoms with Crippen LogP contribution in [0.25, 0.3) is 10.6 Å². The van der Waals surface area contributed by atoms with Gasteiger partial charge in [0.1, 0.15) is 0 Å². The zero-order chi connectivity index (χ0) is 18.8. The van der Waals surface area contributed by atoms with Gasteiger partial charge in [0.15, 0.2) is 0 Å². The van der Waals surface area contributed by atoms with Crippen LogP contribution in [-0.2, 0) is 40.4 Å². The molecular weight excluding hydrogens is 471 g/mol. The second kappa shape index (κ2) is 27.5. The molecule has 3 nitrogen and oxygen atoms in total. The second-order valence-electron chi connectivity index (χ2n) is 5.00. The molecule has 0 amide bonds. The molecule has 28 heavy (non-hydrogen) atoms. The summed E-state index contributed by atoms with van der Waals surface area (Å²) in [6.45, 7) is 14.1. The molecule has 0 saturated heterocycles. The monoisotopic (exact) mass is 510 g/mol. The van der Waals surface area contributed by atoms with Gasteiger partial charge in [0, 0.05) is 27.3 Å². The summed E-state index contributed by atoms with van der Waals surface area (Å²) in [5, 5.41) is 9.21. The summed E-state index contributed by atoms with van der Waals surface area (Å²) < 4.78 is 0. The maximum absolute atomic E-state index is 4.60. The van der Waals surface area contributed by atoms with Gasteiger partial charge in [-0.2, -0.15) is 0 Å². The van der Waals surface area contributed by atoms with Crippen LogP contribution in [0.15, 0.2) is 60.7 Å². The van der Waals surface area contributed by atoms with E-state index >= 15 is 0 Å². The van der Waals surface area contributed by atoms with Gasteiger partial charge in [0.05, 0.1) is 0 Å². The fourth-order valence-electron chi connectivity index (χ4n) is 2.05. The molecule has 0 aliphatic rings. The molecule has 0 heterocycles. The van der Waals surface area contributed by atoms with Crippen molar-refractivity contribution in [1.82, 2.24) is 4.90 Å².